The van der Waals surface area contributed by atoms with Crippen LogP contribution < -0.4 is 5.49 Å². The van der Waals surface area contributed by atoms with E-state index in [1.807, 2.05) is 10.6 Å². The van der Waals surface area contributed by atoms with Crippen molar-refractivity contribution in [3.05, 3.63) is 21.7 Å². The average Bonchev–Trinajstić information content (AvgIpc) is 2.72. The second-order valence-electron chi connectivity index (χ2n) is 4.40. The molecular weight excluding hydrogens is 266 g/mol. The molecule has 0 saturated heterocycles. The lowest BCUT2D eigenvalue weighted by Crippen LogP contribution is -2.25. The Kier molecular flexibility index (Phi) is 4.40. The van der Waals surface area contributed by atoms with Crippen LogP contribution in [-0.2, 0) is 13.0 Å². The van der Waals surface area contributed by atoms with Crippen molar-refractivity contribution in [1.82, 2.24) is 9.55 Å². The van der Waals surface area contributed by atoms with E-state index in [1.54, 1.807) is 0 Å². The van der Waals surface area contributed by atoms with Crippen LogP contribution in [0.1, 0.15) is 38.9 Å². The Bertz CT molecular complexity index is 600. The molecule has 0 atom stereocenters. The normalized spacial score (nSPS) is 11.3. The van der Waals surface area contributed by atoms with Gasteiger partial charge in [0, 0.05) is 13.0 Å². The highest BCUT2D eigenvalue weighted by Gasteiger charge is 2.10. The first-order chi connectivity index (χ1) is 8.67. The number of halogens is 1. The van der Waals surface area contributed by atoms with Crippen LogP contribution in [0.15, 0.2) is 6.07 Å². The van der Waals surface area contributed by atoms with Gasteiger partial charge in [0.25, 0.3) is 0 Å². The quantitative estimate of drug-likeness (QED) is 0.886. The van der Waals surface area contributed by atoms with Crippen molar-refractivity contribution in [2.24, 2.45) is 0 Å². The lowest BCUT2D eigenvalue weighted by Gasteiger charge is -2.12. The lowest BCUT2D eigenvalue weighted by molar-refractivity contribution is 0.580. The van der Waals surface area contributed by atoms with Gasteiger partial charge in [0.2, 0.25) is 0 Å². The summed E-state index contributed by atoms with van der Waals surface area (Å²) in [6, 6.07) is 1.85. The highest BCUT2D eigenvalue weighted by Crippen LogP contribution is 2.26. The number of thiophene rings is 1. The zero-order valence-corrected chi connectivity index (χ0v) is 12.4. The fourth-order valence-electron chi connectivity index (χ4n) is 2.05. The van der Waals surface area contributed by atoms with Gasteiger partial charge in [-0.25, -0.2) is 4.98 Å². The molecule has 5 heteroatoms. The van der Waals surface area contributed by atoms with E-state index in [2.05, 4.69) is 18.8 Å². The molecule has 0 aliphatic carbocycles. The summed E-state index contributed by atoms with van der Waals surface area (Å²) in [6.45, 7) is 5.15. The van der Waals surface area contributed by atoms with Crippen LogP contribution in [0.5, 0.6) is 0 Å². The number of hydrogen-bond acceptors (Lipinski definition) is 3. The highest BCUT2D eigenvalue weighted by molar-refractivity contribution is 7.22. The molecule has 0 spiro atoms. The highest BCUT2D eigenvalue weighted by atomic mass is 35.5. The first-order valence-corrected chi connectivity index (χ1v) is 7.60. The summed E-state index contributed by atoms with van der Waals surface area (Å²) < 4.78 is 2.74. The Morgan fingerprint density at radius 2 is 2.17 bits per heavy atom. The Morgan fingerprint density at radius 1 is 1.39 bits per heavy atom. The molecule has 2 aromatic heterocycles. The van der Waals surface area contributed by atoms with Crippen molar-refractivity contribution in [2.45, 2.75) is 46.1 Å². The third kappa shape index (κ3) is 2.59. The van der Waals surface area contributed by atoms with Gasteiger partial charge in [-0.15, -0.1) is 11.3 Å². The summed E-state index contributed by atoms with van der Waals surface area (Å²) in [6.07, 6.45) is 4.21. The van der Waals surface area contributed by atoms with Crippen molar-refractivity contribution in [2.75, 3.05) is 0 Å². The molecule has 2 rings (SSSR count). The topological polar surface area (TPSA) is 41.7 Å². The van der Waals surface area contributed by atoms with Crippen LogP contribution in [0.25, 0.3) is 10.2 Å². The van der Waals surface area contributed by atoms with Gasteiger partial charge in [-0.2, -0.15) is 0 Å². The predicted octanol–water partition coefficient (Wildman–Crippen LogP) is 3.98. The van der Waals surface area contributed by atoms with Crippen molar-refractivity contribution < 1.29 is 0 Å². The predicted molar refractivity (Wildman–Crippen MR) is 77.4 cm³/mol. The van der Waals surface area contributed by atoms with Crippen LogP contribution in [0.2, 0.25) is 4.34 Å². The largest absolute Gasteiger partial charge is 0.314 e. The zero-order chi connectivity index (χ0) is 13.1. The standard InChI is InChI=1S/C13H18ClN3S/c1-3-5-6-11-16-13-9(8-10(14)18-13)12(15)17(11)7-4-2/h8,15H,3-7H2,1-2H3. The molecule has 98 valence electrons. The second kappa shape index (κ2) is 5.85. The maximum Gasteiger partial charge on any atom is 0.136 e. The number of aromatic nitrogens is 2. The van der Waals surface area contributed by atoms with Gasteiger partial charge < -0.3 is 4.57 Å². The van der Waals surface area contributed by atoms with E-state index in [0.29, 0.717) is 9.82 Å². The molecule has 0 unspecified atom stereocenters. The van der Waals surface area contributed by atoms with E-state index in [-0.39, 0.29) is 0 Å². The molecule has 0 bridgehead atoms. The molecule has 3 nitrogen and oxygen atoms in total. The summed E-state index contributed by atoms with van der Waals surface area (Å²) in [4.78, 5) is 5.58. The van der Waals surface area contributed by atoms with Crippen LogP contribution in [0.3, 0.4) is 0 Å². The summed E-state index contributed by atoms with van der Waals surface area (Å²) in [5.74, 6) is 1.02. The number of nitrogens with one attached hydrogen (secondary N) is 1. The van der Waals surface area contributed by atoms with Gasteiger partial charge in [0.05, 0.1) is 9.72 Å². The van der Waals surface area contributed by atoms with E-state index in [0.717, 1.165) is 48.3 Å². The minimum absolute atomic E-state index is 0.552. The smallest absolute Gasteiger partial charge is 0.136 e. The molecule has 2 heterocycles. The number of fused-ring (bicyclic) bond motifs is 1. The molecule has 0 fully saturated rings. The van der Waals surface area contributed by atoms with Crippen LogP contribution in [-0.4, -0.2) is 9.55 Å². The van der Waals surface area contributed by atoms with Gasteiger partial charge in [-0.3, -0.25) is 5.41 Å². The third-order valence-corrected chi connectivity index (χ3v) is 4.11. The van der Waals surface area contributed by atoms with Gasteiger partial charge in [-0.05, 0) is 18.9 Å². The Labute approximate surface area is 116 Å². The van der Waals surface area contributed by atoms with Gasteiger partial charge in [0.1, 0.15) is 16.1 Å². The van der Waals surface area contributed by atoms with E-state index in [4.69, 9.17) is 17.0 Å². The molecule has 0 saturated carbocycles. The summed E-state index contributed by atoms with van der Waals surface area (Å²) in [5, 5.41) is 9.18. The number of nitrogens with zero attached hydrogens (tertiary/aromatic N) is 2. The average molecular weight is 284 g/mol. The lowest BCUT2D eigenvalue weighted by atomic mass is 10.2. The maximum absolute atomic E-state index is 8.30. The van der Waals surface area contributed by atoms with E-state index in [9.17, 15) is 0 Å². The number of aryl methyl sites for hydroxylation is 1. The summed E-state index contributed by atoms with van der Waals surface area (Å²) >= 11 is 7.49. The fourth-order valence-corrected chi connectivity index (χ4v) is 3.15. The summed E-state index contributed by atoms with van der Waals surface area (Å²) in [5.41, 5.74) is 0.552. The molecule has 18 heavy (non-hydrogen) atoms. The maximum atomic E-state index is 8.30. The number of rotatable bonds is 5. The molecule has 0 radical (unpaired) electrons. The molecule has 2 aromatic rings. The van der Waals surface area contributed by atoms with Gasteiger partial charge >= 0.3 is 0 Å². The zero-order valence-electron chi connectivity index (χ0n) is 10.8. The van der Waals surface area contributed by atoms with Crippen LogP contribution in [0, 0.1) is 5.41 Å². The molecule has 0 aromatic carbocycles. The van der Waals surface area contributed by atoms with E-state index >= 15 is 0 Å². The molecule has 0 aliphatic heterocycles. The van der Waals surface area contributed by atoms with Crippen molar-refractivity contribution in [3.8, 4) is 0 Å². The number of unbranched alkanes of at least 4 members (excludes halogenated alkanes) is 1. The van der Waals surface area contributed by atoms with E-state index < -0.39 is 0 Å². The van der Waals surface area contributed by atoms with Crippen LogP contribution in [0.4, 0.5) is 0 Å². The Balaban J connectivity index is 2.58. The minimum Gasteiger partial charge on any atom is -0.314 e. The first-order valence-electron chi connectivity index (χ1n) is 6.40. The minimum atomic E-state index is 0.552. The first kappa shape index (κ1) is 13.6. The third-order valence-electron chi connectivity index (χ3n) is 2.95. The van der Waals surface area contributed by atoms with E-state index in [1.165, 1.54) is 11.3 Å². The Morgan fingerprint density at radius 3 is 2.83 bits per heavy atom. The SMILES string of the molecule is CCCCc1nc2sc(Cl)cc2c(=N)n1CCC. The van der Waals surface area contributed by atoms with Crippen molar-refractivity contribution >= 4 is 33.2 Å². The summed E-state index contributed by atoms with van der Waals surface area (Å²) in [7, 11) is 0. The number of hydrogen-bond donors (Lipinski definition) is 1. The second-order valence-corrected chi connectivity index (χ2v) is 6.06. The molecule has 0 aliphatic rings. The Hall–Kier alpha value is -0.870. The monoisotopic (exact) mass is 283 g/mol. The van der Waals surface area contributed by atoms with Crippen molar-refractivity contribution in [3.63, 3.8) is 0 Å². The molecular formula is C13H18ClN3S. The molecule has 1 N–H and O–H groups in total. The van der Waals surface area contributed by atoms with Gasteiger partial charge in [0.15, 0.2) is 0 Å². The molecule has 0 amide bonds. The van der Waals surface area contributed by atoms with Crippen LogP contribution >= 0.6 is 22.9 Å². The fraction of sp³-hybridized carbons (Fsp3) is 0.538. The van der Waals surface area contributed by atoms with Crippen molar-refractivity contribution in [1.29, 1.82) is 5.41 Å². The van der Waals surface area contributed by atoms with Gasteiger partial charge in [-0.1, -0.05) is 31.9 Å².